The third kappa shape index (κ3) is 4.60. The van der Waals surface area contributed by atoms with Crippen LogP contribution in [0.5, 0.6) is 5.75 Å². The average Bonchev–Trinajstić information content (AvgIpc) is 2.53. The standard InChI is InChI=1S/C17H20N2O2/c1-3-13(2)17(20)19-14-8-6-9-16(11-14)21-12-15-7-4-5-10-18-15/h4-11,13H,3,12H2,1-2H3,(H,19,20)/t13-/m1/s1. The van der Waals surface area contributed by atoms with Gasteiger partial charge in [0.2, 0.25) is 5.91 Å². The summed E-state index contributed by atoms with van der Waals surface area (Å²) in [5.74, 6) is 0.741. The minimum atomic E-state index is 0.00286. The van der Waals surface area contributed by atoms with Gasteiger partial charge in [-0.1, -0.05) is 26.0 Å². The largest absolute Gasteiger partial charge is 0.487 e. The second-order valence-corrected chi connectivity index (χ2v) is 4.94. The summed E-state index contributed by atoms with van der Waals surface area (Å²) in [6.07, 6.45) is 2.56. The summed E-state index contributed by atoms with van der Waals surface area (Å²) in [6.45, 7) is 4.32. The highest BCUT2D eigenvalue weighted by atomic mass is 16.5. The fourth-order valence-electron chi connectivity index (χ4n) is 1.76. The van der Waals surface area contributed by atoms with Crippen molar-refractivity contribution >= 4 is 11.6 Å². The Hall–Kier alpha value is -2.36. The Morgan fingerprint density at radius 2 is 2.14 bits per heavy atom. The van der Waals surface area contributed by atoms with E-state index in [1.54, 1.807) is 6.20 Å². The number of aromatic nitrogens is 1. The van der Waals surface area contributed by atoms with Gasteiger partial charge >= 0.3 is 0 Å². The molecule has 2 aromatic rings. The molecule has 0 saturated heterocycles. The highest BCUT2D eigenvalue weighted by Gasteiger charge is 2.10. The van der Waals surface area contributed by atoms with Gasteiger partial charge in [-0.15, -0.1) is 0 Å². The maximum Gasteiger partial charge on any atom is 0.227 e. The molecule has 0 unspecified atom stereocenters. The van der Waals surface area contributed by atoms with Crippen LogP contribution in [0.2, 0.25) is 0 Å². The molecular formula is C17H20N2O2. The van der Waals surface area contributed by atoms with Gasteiger partial charge in [-0.3, -0.25) is 9.78 Å². The molecule has 1 aromatic carbocycles. The lowest BCUT2D eigenvalue weighted by Gasteiger charge is -2.11. The molecule has 1 aromatic heterocycles. The SMILES string of the molecule is CC[C@@H](C)C(=O)Nc1cccc(OCc2ccccn2)c1. The van der Waals surface area contributed by atoms with E-state index in [1.807, 2.05) is 56.3 Å². The van der Waals surface area contributed by atoms with Crippen molar-refractivity contribution in [2.24, 2.45) is 5.92 Å². The van der Waals surface area contributed by atoms with E-state index in [-0.39, 0.29) is 11.8 Å². The molecular weight excluding hydrogens is 264 g/mol. The lowest BCUT2D eigenvalue weighted by atomic mass is 10.1. The van der Waals surface area contributed by atoms with Crippen LogP contribution >= 0.6 is 0 Å². The second kappa shape index (κ2) is 7.43. The molecule has 0 saturated carbocycles. The predicted octanol–water partition coefficient (Wildman–Crippen LogP) is 3.65. The third-order valence-corrected chi connectivity index (χ3v) is 3.27. The van der Waals surface area contributed by atoms with Crippen molar-refractivity contribution in [3.05, 3.63) is 54.4 Å². The van der Waals surface area contributed by atoms with Crippen LogP contribution in [0.3, 0.4) is 0 Å². The lowest BCUT2D eigenvalue weighted by molar-refractivity contribution is -0.119. The number of amides is 1. The average molecular weight is 284 g/mol. The van der Waals surface area contributed by atoms with Gasteiger partial charge in [-0.2, -0.15) is 0 Å². The van der Waals surface area contributed by atoms with Crippen LogP contribution in [0, 0.1) is 5.92 Å². The monoisotopic (exact) mass is 284 g/mol. The van der Waals surface area contributed by atoms with Crippen LogP contribution in [0.4, 0.5) is 5.69 Å². The number of carbonyl (C=O) groups is 1. The minimum absolute atomic E-state index is 0.00286. The molecule has 2 rings (SSSR count). The summed E-state index contributed by atoms with van der Waals surface area (Å²) in [7, 11) is 0. The molecule has 0 bridgehead atoms. The van der Waals surface area contributed by atoms with Crippen molar-refractivity contribution < 1.29 is 9.53 Å². The molecule has 1 N–H and O–H groups in total. The molecule has 0 fully saturated rings. The normalized spacial score (nSPS) is 11.7. The van der Waals surface area contributed by atoms with Crippen molar-refractivity contribution in [3.63, 3.8) is 0 Å². The lowest BCUT2D eigenvalue weighted by Crippen LogP contribution is -2.19. The van der Waals surface area contributed by atoms with E-state index in [2.05, 4.69) is 10.3 Å². The molecule has 0 aliphatic carbocycles. The van der Waals surface area contributed by atoms with Gasteiger partial charge in [0.1, 0.15) is 12.4 Å². The number of hydrogen-bond donors (Lipinski definition) is 1. The van der Waals surface area contributed by atoms with E-state index in [0.717, 1.165) is 17.8 Å². The third-order valence-electron chi connectivity index (χ3n) is 3.27. The van der Waals surface area contributed by atoms with Crippen LogP contribution in [-0.4, -0.2) is 10.9 Å². The number of nitrogens with zero attached hydrogens (tertiary/aromatic N) is 1. The summed E-state index contributed by atoms with van der Waals surface area (Å²) >= 11 is 0. The molecule has 1 heterocycles. The first-order chi connectivity index (χ1) is 10.2. The maximum atomic E-state index is 11.9. The fraction of sp³-hybridized carbons (Fsp3) is 0.294. The van der Waals surface area contributed by atoms with Gasteiger partial charge in [-0.05, 0) is 30.7 Å². The van der Waals surface area contributed by atoms with E-state index in [9.17, 15) is 4.79 Å². The van der Waals surface area contributed by atoms with Crippen LogP contribution in [0.15, 0.2) is 48.7 Å². The molecule has 110 valence electrons. The van der Waals surface area contributed by atoms with Crippen molar-refractivity contribution in [1.82, 2.24) is 4.98 Å². The molecule has 0 aliphatic rings. The number of hydrogen-bond acceptors (Lipinski definition) is 3. The summed E-state index contributed by atoms with van der Waals surface area (Å²) in [4.78, 5) is 16.1. The maximum absolute atomic E-state index is 11.9. The van der Waals surface area contributed by atoms with Crippen LogP contribution < -0.4 is 10.1 Å². The Balaban J connectivity index is 1.96. The Labute approximate surface area is 125 Å². The zero-order valence-corrected chi connectivity index (χ0v) is 12.4. The second-order valence-electron chi connectivity index (χ2n) is 4.94. The van der Waals surface area contributed by atoms with Crippen molar-refractivity contribution in [3.8, 4) is 5.75 Å². The zero-order valence-electron chi connectivity index (χ0n) is 12.4. The van der Waals surface area contributed by atoms with Gasteiger partial charge in [-0.25, -0.2) is 0 Å². The Kier molecular flexibility index (Phi) is 5.32. The van der Waals surface area contributed by atoms with Crippen LogP contribution in [0.25, 0.3) is 0 Å². The number of anilines is 1. The highest BCUT2D eigenvalue weighted by Crippen LogP contribution is 2.19. The molecule has 4 nitrogen and oxygen atoms in total. The number of nitrogens with one attached hydrogen (secondary N) is 1. The Morgan fingerprint density at radius 1 is 1.29 bits per heavy atom. The quantitative estimate of drug-likeness (QED) is 0.881. The number of benzene rings is 1. The highest BCUT2D eigenvalue weighted by molar-refractivity contribution is 5.92. The van der Waals surface area contributed by atoms with Gasteiger partial charge in [0.25, 0.3) is 0 Å². The van der Waals surface area contributed by atoms with Gasteiger partial charge in [0.15, 0.2) is 0 Å². The first kappa shape index (κ1) is 15.0. The summed E-state index contributed by atoms with van der Waals surface area (Å²) < 4.78 is 5.69. The molecule has 0 aliphatic heterocycles. The summed E-state index contributed by atoms with van der Waals surface area (Å²) in [5, 5.41) is 2.90. The summed E-state index contributed by atoms with van der Waals surface area (Å²) in [5.41, 5.74) is 1.62. The first-order valence-electron chi connectivity index (χ1n) is 7.12. The smallest absolute Gasteiger partial charge is 0.227 e. The fourth-order valence-corrected chi connectivity index (χ4v) is 1.76. The molecule has 21 heavy (non-hydrogen) atoms. The molecule has 0 spiro atoms. The van der Waals surface area contributed by atoms with Crippen molar-refractivity contribution in [2.75, 3.05) is 5.32 Å². The van der Waals surface area contributed by atoms with E-state index < -0.39 is 0 Å². The summed E-state index contributed by atoms with van der Waals surface area (Å²) in [6, 6.07) is 13.1. The number of carbonyl (C=O) groups excluding carboxylic acids is 1. The van der Waals surface area contributed by atoms with Gasteiger partial charge < -0.3 is 10.1 Å². The van der Waals surface area contributed by atoms with E-state index in [1.165, 1.54) is 0 Å². The van der Waals surface area contributed by atoms with Gasteiger partial charge in [0, 0.05) is 23.9 Å². The predicted molar refractivity (Wildman–Crippen MR) is 83.1 cm³/mol. The number of ether oxygens (including phenoxy) is 1. The van der Waals surface area contributed by atoms with E-state index in [4.69, 9.17) is 4.74 Å². The Bertz CT molecular complexity index is 584. The van der Waals surface area contributed by atoms with E-state index in [0.29, 0.717) is 12.4 Å². The molecule has 4 heteroatoms. The van der Waals surface area contributed by atoms with Crippen LogP contribution in [0.1, 0.15) is 26.0 Å². The van der Waals surface area contributed by atoms with Crippen LogP contribution in [-0.2, 0) is 11.4 Å². The molecule has 1 amide bonds. The molecule has 1 atom stereocenters. The minimum Gasteiger partial charge on any atom is -0.487 e. The zero-order chi connectivity index (χ0) is 15.1. The van der Waals surface area contributed by atoms with Gasteiger partial charge in [0.05, 0.1) is 5.69 Å². The topological polar surface area (TPSA) is 51.2 Å². The number of pyridine rings is 1. The number of rotatable bonds is 6. The van der Waals surface area contributed by atoms with Crippen molar-refractivity contribution in [2.45, 2.75) is 26.9 Å². The Morgan fingerprint density at radius 3 is 2.86 bits per heavy atom. The molecule has 0 radical (unpaired) electrons. The van der Waals surface area contributed by atoms with Crippen molar-refractivity contribution in [1.29, 1.82) is 0 Å². The van der Waals surface area contributed by atoms with E-state index >= 15 is 0 Å². The first-order valence-corrected chi connectivity index (χ1v) is 7.12.